The number of hydrogen-bond donors (Lipinski definition) is 1. The molecule has 0 aromatic carbocycles. The lowest BCUT2D eigenvalue weighted by Gasteiger charge is -2.33. The third kappa shape index (κ3) is 1.61. The van der Waals surface area contributed by atoms with Crippen molar-refractivity contribution >= 4 is 0 Å². The molecule has 3 nitrogen and oxygen atoms in total. The fourth-order valence-corrected chi connectivity index (χ4v) is 1.35. The Morgan fingerprint density at radius 2 is 2.50 bits per heavy atom. The summed E-state index contributed by atoms with van der Waals surface area (Å²) in [5, 5.41) is 1.51. The van der Waals surface area contributed by atoms with E-state index in [1.54, 1.807) is 0 Å². The lowest BCUT2D eigenvalue weighted by atomic mass is 10.2. The predicted octanol–water partition coefficient (Wildman–Crippen LogP) is 1.36. The molecule has 3 heteroatoms. The highest BCUT2D eigenvalue weighted by Crippen LogP contribution is 2.16. The Bertz CT molecular complexity index is 310. The number of nitrogens with one attached hydrogen (secondary N) is 1. The van der Waals surface area contributed by atoms with E-state index in [0.717, 1.165) is 19.3 Å². The molecule has 12 heavy (non-hydrogen) atoms. The Labute approximate surface area is 76.9 Å². The smallest absolute Gasteiger partial charge is 0.147 e. The summed E-state index contributed by atoms with van der Waals surface area (Å²) in [7, 11) is 0. The van der Waals surface area contributed by atoms with Gasteiger partial charge in [-0.2, -0.15) is 0 Å². The zero-order chi connectivity index (χ0) is 10.8. The molecule has 2 heterocycles. The van der Waals surface area contributed by atoms with Crippen molar-refractivity contribution in [2.75, 3.05) is 6.61 Å². The first-order valence-electron chi connectivity index (χ1n) is 5.72. The summed E-state index contributed by atoms with van der Waals surface area (Å²) in [5.74, 6) is 0. The van der Waals surface area contributed by atoms with Gasteiger partial charge in [-0.25, -0.2) is 0 Å². The molecule has 0 saturated carbocycles. The molecular formula is C9H14N2O. The molecule has 1 atom stereocenters. The number of allylic oxidation sites excluding steroid dienone is 2. The quantitative estimate of drug-likeness (QED) is 0.641. The molecule has 0 radical (unpaired) electrons. The van der Waals surface area contributed by atoms with Crippen molar-refractivity contribution in [3.8, 4) is 0 Å². The van der Waals surface area contributed by atoms with Crippen LogP contribution in [0.2, 0.25) is 0 Å². The minimum Gasteiger partial charge on any atom is -0.357 e. The van der Waals surface area contributed by atoms with Crippen LogP contribution < -0.4 is 5.43 Å². The maximum absolute atomic E-state index is 7.72. The molecule has 2 rings (SSSR count). The maximum atomic E-state index is 7.72. The summed E-state index contributed by atoms with van der Waals surface area (Å²) in [5.41, 5.74) is 2.81. The molecule has 0 aromatic rings. The van der Waals surface area contributed by atoms with Crippen LogP contribution in [0.1, 0.15) is 23.4 Å². The van der Waals surface area contributed by atoms with Gasteiger partial charge in [0, 0.05) is 19.0 Å². The van der Waals surface area contributed by atoms with E-state index in [4.69, 9.17) is 8.85 Å². The Kier molecular flexibility index (Phi) is 1.49. The zero-order valence-corrected chi connectivity index (χ0v) is 6.84. The Morgan fingerprint density at radius 3 is 3.33 bits per heavy atom. The molecule has 1 fully saturated rings. The second kappa shape index (κ2) is 3.63. The Morgan fingerprint density at radius 1 is 1.50 bits per heavy atom. The van der Waals surface area contributed by atoms with E-state index >= 15 is 0 Å². The van der Waals surface area contributed by atoms with E-state index in [-0.39, 0.29) is 24.5 Å². The molecule has 0 amide bonds. The number of hydrogen-bond acceptors (Lipinski definition) is 3. The van der Waals surface area contributed by atoms with Gasteiger partial charge in [-0.3, -0.25) is 5.01 Å². The summed E-state index contributed by atoms with van der Waals surface area (Å²) >= 11 is 0. The van der Waals surface area contributed by atoms with E-state index in [0.29, 0.717) is 6.61 Å². The molecule has 0 spiro atoms. The highest BCUT2D eigenvalue weighted by Gasteiger charge is 2.18. The molecule has 2 aliphatic rings. The summed E-state index contributed by atoms with van der Waals surface area (Å²) in [4.78, 5) is 0. The van der Waals surface area contributed by atoms with Crippen molar-refractivity contribution in [3.63, 3.8) is 0 Å². The molecule has 0 aliphatic carbocycles. The maximum Gasteiger partial charge on any atom is 0.147 e. The van der Waals surface area contributed by atoms with Gasteiger partial charge in [0.2, 0.25) is 0 Å². The van der Waals surface area contributed by atoms with Gasteiger partial charge < -0.3 is 10.2 Å². The average Bonchev–Trinajstić information content (AvgIpc) is 2.27. The Balaban J connectivity index is 2.11. The SMILES string of the molecule is [2H]C1=CNN(C2CCCCO2)C([2H])=C1[2H]. The van der Waals surface area contributed by atoms with Crippen LogP contribution in [0, 0.1) is 0 Å². The number of hydrazine groups is 1. The lowest BCUT2D eigenvalue weighted by molar-refractivity contribution is -0.0795. The average molecular weight is 169 g/mol. The van der Waals surface area contributed by atoms with Crippen LogP contribution in [0.15, 0.2) is 24.5 Å². The minimum absolute atomic E-state index is 0.00870. The summed E-state index contributed by atoms with van der Waals surface area (Å²) < 4.78 is 28.1. The van der Waals surface area contributed by atoms with Crippen molar-refractivity contribution in [1.29, 1.82) is 0 Å². The first-order chi connectivity index (χ1) is 7.20. The highest BCUT2D eigenvalue weighted by atomic mass is 16.5. The van der Waals surface area contributed by atoms with Gasteiger partial charge in [-0.15, -0.1) is 0 Å². The van der Waals surface area contributed by atoms with E-state index in [9.17, 15) is 0 Å². The van der Waals surface area contributed by atoms with Crippen molar-refractivity contribution in [3.05, 3.63) is 24.5 Å². The van der Waals surface area contributed by atoms with Crippen LogP contribution in [0.25, 0.3) is 0 Å². The van der Waals surface area contributed by atoms with Crippen LogP contribution >= 0.6 is 0 Å². The van der Waals surface area contributed by atoms with Crippen LogP contribution in [-0.2, 0) is 4.74 Å². The van der Waals surface area contributed by atoms with Crippen LogP contribution in [-0.4, -0.2) is 17.8 Å². The third-order valence-corrected chi connectivity index (χ3v) is 1.97. The second-order valence-corrected chi connectivity index (χ2v) is 2.85. The van der Waals surface area contributed by atoms with Gasteiger partial charge in [-0.1, -0.05) is 0 Å². The van der Waals surface area contributed by atoms with E-state index in [1.165, 1.54) is 11.2 Å². The number of rotatable bonds is 1. The molecule has 66 valence electrons. The summed E-state index contributed by atoms with van der Waals surface area (Å²) in [6.07, 6.45) is 4.21. The van der Waals surface area contributed by atoms with Gasteiger partial charge in [0.1, 0.15) is 6.23 Å². The highest BCUT2D eigenvalue weighted by molar-refractivity contribution is 5.05. The number of ether oxygens (including phenoxy) is 1. The van der Waals surface area contributed by atoms with Gasteiger partial charge >= 0.3 is 0 Å². The van der Waals surface area contributed by atoms with E-state index in [2.05, 4.69) is 5.43 Å². The molecule has 1 unspecified atom stereocenters. The fourth-order valence-electron chi connectivity index (χ4n) is 1.35. The van der Waals surface area contributed by atoms with Gasteiger partial charge in [0.05, 0.1) is 4.11 Å². The lowest BCUT2D eigenvalue weighted by Crippen LogP contribution is -2.43. The summed E-state index contributed by atoms with van der Waals surface area (Å²) in [6, 6.07) is -0.0324. The molecule has 1 saturated heterocycles. The molecule has 1 N–H and O–H groups in total. The molecule has 2 aliphatic heterocycles. The fraction of sp³-hybridized carbons (Fsp3) is 0.556. The van der Waals surface area contributed by atoms with Gasteiger partial charge in [-0.05, 0) is 31.4 Å². The van der Waals surface area contributed by atoms with Crippen molar-refractivity contribution in [1.82, 2.24) is 10.4 Å². The van der Waals surface area contributed by atoms with Crippen molar-refractivity contribution in [2.24, 2.45) is 0 Å². The summed E-state index contributed by atoms with van der Waals surface area (Å²) in [6.45, 7) is 0.695. The molecule has 0 bridgehead atoms. The predicted molar refractivity (Wildman–Crippen MR) is 46.8 cm³/mol. The standard InChI is InChI=1S/C9H14N2O/c1-4-8-12-9(5-1)11-7-3-2-6-10-11/h2-3,6-7,9-10H,1,4-5,8H2/i2D,3D,7D. The van der Waals surface area contributed by atoms with Gasteiger partial charge in [0.15, 0.2) is 0 Å². The van der Waals surface area contributed by atoms with Crippen LogP contribution in [0.3, 0.4) is 0 Å². The van der Waals surface area contributed by atoms with Crippen molar-refractivity contribution in [2.45, 2.75) is 25.5 Å². The first-order valence-corrected chi connectivity index (χ1v) is 4.22. The zero-order valence-electron chi connectivity index (χ0n) is 9.84. The third-order valence-electron chi connectivity index (χ3n) is 1.97. The van der Waals surface area contributed by atoms with E-state index < -0.39 is 0 Å². The minimum atomic E-state index is -0.184. The van der Waals surface area contributed by atoms with Crippen LogP contribution in [0.5, 0.6) is 0 Å². The first kappa shape index (κ1) is 4.92. The topological polar surface area (TPSA) is 24.5 Å². The normalized spacial score (nSPS) is 34.7. The second-order valence-electron chi connectivity index (χ2n) is 2.85. The largest absolute Gasteiger partial charge is 0.357 e. The molecule has 0 aromatic heterocycles. The molecular weight excluding hydrogens is 152 g/mol. The van der Waals surface area contributed by atoms with E-state index in [1.807, 2.05) is 0 Å². The van der Waals surface area contributed by atoms with Gasteiger partial charge in [0.25, 0.3) is 0 Å². The Hall–Kier alpha value is -0.960. The number of nitrogens with zero attached hydrogens (tertiary/aromatic N) is 1. The monoisotopic (exact) mass is 169 g/mol. The van der Waals surface area contributed by atoms with Crippen molar-refractivity contribution < 1.29 is 8.85 Å². The van der Waals surface area contributed by atoms with Crippen LogP contribution in [0.4, 0.5) is 0 Å².